The maximum absolute atomic E-state index is 12.9. The van der Waals surface area contributed by atoms with Gasteiger partial charge in [0.2, 0.25) is 0 Å². The molecule has 1 aliphatic carbocycles. The molecule has 0 saturated carbocycles. The van der Waals surface area contributed by atoms with Gasteiger partial charge < -0.3 is 14.9 Å². The van der Waals surface area contributed by atoms with E-state index < -0.39 is 35.0 Å². The maximum Gasteiger partial charge on any atom is 0.265 e. The molecule has 0 unspecified atom stereocenters. The number of ether oxygens (including phenoxy) is 1. The van der Waals surface area contributed by atoms with Crippen LogP contribution in [0.3, 0.4) is 0 Å². The van der Waals surface area contributed by atoms with Crippen LogP contribution in [-0.4, -0.2) is 59.1 Å². The molecule has 1 spiro atoms. The summed E-state index contributed by atoms with van der Waals surface area (Å²) < 4.78 is 5.28. The molecule has 1 aliphatic heterocycles. The Labute approximate surface area is 128 Å². The number of methoxy groups -OCH3 is 1. The summed E-state index contributed by atoms with van der Waals surface area (Å²) in [6.45, 7) is 3.32. The Balaban J connectivity index is 2.73. The lowest BCUT2D eigenvalue weighted by atomic mass is 9.66. The Hall–Kier alpha value is -1.54. The fourth-order valence-electron chi connectivity index (χ4n) is 3.27. The van der Waals surface area contributed by atoms with Crippen molar-refractivity contribution in [2.24, 2.45) is 5.41 Å². The molecule has 1 heterocycles. The first-order valence-corrected chi connectivity index (χ1v) is 7.04. The third-order valence-corrected chi connectivity index (χ3v) is 4.51. The van der Waals surface area contributed by atoms with E-state index in [1.807, 2.05) is 6.92 Å². The van der Waals surface area contributed by atoms with Gasteiger partial charge in [0.25, 0.3) is 5.91 Å². The summed E-state index contributed by atoms with van der Waals surface area (Å²) in [5.74, 6) is -1.35. The standard InChI is InChI=1S/C15H21NO6/c1-5-6-9-7-8-10(17)11(18)15(9)12(19)14(2,21-3)16(22-4)13(15)20/h6-8,11-12,18-19H,5H2,1-4H3/b9-6-/t11-,12+,14+,15-/m1/s1. The molecule has 0 radical (unpaired) electrons. The van der Waals surface area contributed by atoms with E-state index in [2.05, 4.69) is 0 Å². The van der Waals surface area contributed by atoms with Gasteiger partial charge in [0.15, 0.2) is 11.5 Å². The minimum absolute atomic E-state index is 0.377. The summed E-state index contributed by atoms with van der Waals surface area (Å²) in [6.07, 6.45) is 1.74. The second-order valence-electron chi connectivity index (χ2n) is 5.52. The van der Waals surface area contributed by atoms with E-state index in [1.54, 1.807) is 6.08 Å². The zero-order chi connectivity index (χ0) is 16.7. The van der Waals surface area contributed by atoms with E-state index in [0.29, 0.717) is 12.0 Å². The molecule has 2 aliphatic rings. The first-order chi connectivity index (χ1) is 10.3. The molecule has 122 valence electrons. The van der Waals surface area contributed by atoms with E-state index in [-0.39, 0.29) is 0 Å². The van der Waals surface area contributed by atoms with Crippen molar-refractivity contribution in [2.75, 3.05) is 14.2 Å². The smallest absolute Gasteiger partial charge is 0.265 e. The molecule has 4 atom stereocenters. The second kappa shape index (κ2) is 5.58. The molecule has 2 N–H and O–H groups in total. The van der Waals surface area contributed by atoms with Crippen molar-refractivity contribution in [2.45, 2.75) is 38.2 Å². The van der Waals surface area contributed by atoms with Gasteiger partial charge in [-0.3, -0.25) is 14.4 Å². The molecule has 7 heteroatoms. The topological polar surface area (TPSA) is 96.3 Å². The van der Waals surface area contributed by atoms with Crippen LogP contribution < -0.4 is 0 Å². The van der Waals surface area contributed by atoms with Crippen molar-refractivity contribution >= 4 is 11.7 Å². The average Bonchev–Trinajstić information content (AvgIpc) is 2.67. The Bertz CT molecular complexity index is 556. The van der Waals surface area contributed by atoms with Crippen LogP contribution in [0.15, 0.2) is 23.8 Å². The van der Waals surface area contributed by atoms with E-state index >= 15 is 0 Å². The normalized spacial score (nSPS) is 40.3. The number of carbonyl (C=O) groups is 2. The zero-order valence-electron chi connectivity index (χ0n) is 13.1. The van der Waals surface area contributed by atoms with Crippen molar-refractivity contribution < 1.29 is 29.4 Å². The molecular formula is C15H21NO6. The van der Waals surface area contributed by atoms with Gasteiger partial charge in [-0.25, -0.2) is 0 Å². The van der Waals surface area contributed by atoms with Crippen LogP contribution in [0.4, 0.5) is 0 Å². The third-order valence-electron chi connectivity index (χ3n) is 4.51. The molecule has 2 rings (SSSR count). The summed E-state index contributed by atoms with van der Waals surface area (Å²) in [5.41, 5.74) is -2.98. The lowest BCUT2D eigenvalue weighted by Crippen LogP contribution is -2.56. The van der Waals surface area contributed by atoms with Gasteiger partial charge in [-0.2, -0.15) is 5.06 Å². The fraction of sp³-hybridized carbons (Fsp3) is 0.600. The third kappa shape index (κ3) is 1.83. The first-order valence-electron chi connectivity index (χ1n) is 7.04. The number of rotatable bonds is 3. The molecule has 0 aromatic rings. The summed E-state index contributed by atoms with van der Waals surface area (Å²) in [5, 5.41) is 22.1. The minimum Gasteiger partial charge on any atom is -0.386 e. The lowest BCUT2D eigenvalue weighted by molar-refractivity contribution is -0.273. The van der Waals surface area contributed by atoms with E-state index in [9.17, 15) is 19.8 Å². The highest BCUT2D eigenvalue weighted by Crippen LogP contribution is 2.52. The first kappa shape index (κ1) is 16.8. The number of amides is 1. The van der Waals surface area contributed by atoms with Gasteiger partial charge in [-0.15, -0.1) is 0 Å². The van der Waals surface area contributed by atoms with Gasteiger partial charge in [-0.05, 0) is 25.0 Å². The Morgan fingerprint density at radius 3 is 2.41 bits per heavy atom. The van der Waals surface area contributed by atoms with Crippen LogP contribution >= 0.6 is 0 Å². The van der Waals surface area contributed by atoms with Crippen LogP contribution in [0.5, 0.6) is 0 Å². The van der Waals surface area contributed by atoms with Crippen LogP contribution in [0, 0.1) is 5.41 Å². The second-order valence-corrected chi connectivity index (χ2v) is 5.52. The summed E-state index contributed by atoms with van der Waals surface area (Å²) in [6, 6.07) is 0. The maximum atomic E-state index is 12.9. The molecule has 1 fully saturated rings. The van der Waals surface area contributed by atoms with E-state index in [4.69, 9.17) is 9.57 Å². The highest BCUT2D eigenvalue weighted by Gasteiger charge is 2.71. The highest BCUT2D eigenvalue weighted by atomic mass is 16.7. The molecule has 0 bridgehead atoms. The van der Waals surface area contributed by atoms with Gasteiger partial charge >= 0.3 is 0 Å². The van der Waals surface area contributed by atoms with E-state index in [1.165, 1.54) is 33.3 Å². The number of hydrogen-bond donors (Lipinski definition) is 2. The van der Waals surface area contributed by atoms with Crippen LogP contribution in [0.25, 0.3) is 0 Å². The Kier molecular flexibility index (Phi) is 4.27. The van der Waals surface area contributed by atoms with Crippen molar-refractivity contribution in [1.29, 1.82) is 0 Å². The number of hydroxylamine groups is 2. The lowest BCUT2D eigenvalue weighted by Gasteiger charge is -2.39. The number of nitrogens with zero attached hydrogens (tertiary/aromatic N) is 1. The predicted molar refractivity (Wildman–Crippen MR) is 76.2 cm³/mol. The highest BCUT2D eigenvalue weighted by molar-refractivity contribution is 6.05. The fourth-order valence-corrected chi connectivity index (χ4v) is 3.27. The number of aliphatic hydroxyl groups is 2. The van der Waals surface area contributed by atoms with Crippen LogP contribution in [0.2, 0.25) is 0 Å². The molecule has 22 heavy (non-hydrogen) atoms. The SMILES string of the molecule is CC/C=C1/C=CC(=O)[C@@H](O)[C@]12C(=O)N(OC)[C@@](C)(OC)[C@@H]2O. The summed E-state index contributed by atoms with van der Waals surface area (Å²) in [7, 11) is 2.58. The van der Waals surface area contributed by atoms with Gasteiger partial charge in [-0.1, -0.05) is 19.1 Å². The van der Waals surface area contributed by atoms with Crippen molar-refractivity contribution in [1.82, 2.24) is 5.06 Å². The van der Waals surface area contributed by atoms with Crippen molar-refractivity contribution in [3.63, 3.8) is 0 Å². The van der Waals surface area contributed by atoms with Gasteiger partial charge in [0.1, 0.15) is 17.6 Å². The molecule has 0 aromatic carbocycles. The zero-order valence-corrected chi connectivity index (χ0v) is 13.1. The van der Waals surface area contributed by atoms with E-state index in [0.717, 1.165) is 5.06 Å². The monoisotopic (exact) mass is 311 g/mol. The Morgan fingerprint density at radius 1 is 1.32 bits per heavy atom. The molecule has 1 amide bonds. The quantitative estimate of drug-likeness (QED) is 0.758. The number of hydrogen-bond acceptors (Lipinski definition) is 6. The molecule has 7 nitrogen and oxygen atoms in total. The minimum atomic E-state index is -1.83. The van der Waals surface area contributed by atoms with Crippen molar-refractivity contribution in [3.8, 4) is 0 Å². The van der Waals surface area contributed by atoms with Gasteiger partial charge in [0, 0.05) is 7.11 Å². The number of carbonyl (C=O) groups excluding carboxylic acids is 2. The number of allylic oxidation sites excluding steroid dienone is 2. The molecular weight excluding hydrogens is 290 g/mol. The number of aliphatic hydroxyl groups excluding tert-OH is 2. The summed E-state index contributed by atoms with van der Waals surface area (Å²) >= 11 is 0. The summed E-state index contributed by atoms with van der Waals surface area (Å²) in [4.78, 5) is 29.9. The average molecular weight is 311 g/mol. The van der Waals surface area contributed by atoms with Crippen LogP contribution in [0.1, 0.15) is 20.3 Å². The number of ketones is 1. The van der Waals surface area contributed by atoms with Crippen LogP contribution in [-0.2, 0) is 19.2 Å². The molecule has 1 saturated heterocycles. The Morgan fingerprint density at radius 2 is 1.95 bits per heavy atom. The molecule has 0 aromatic heterocycles. The van der Waals surface area contributed by atoms with Gasteiger partial charge in [0.05, 0.1) is 7.11 Å². The van der Waals surface area contributed by atoms with Crippen molar-refractivity contribution in [3.05, 3.63) is 23.8 Å². The predicted octanol–water partition coefficient (Wildman–Crippen LogP) is -0.0639. The largest absolute Gasteiger partial charge is 0.386 e.